The van der Waals surface area contributed by atoms with E-state index in [4.69, 9.17) is 4.74 Å². The summed E-state index contributed by atoms with van der Waals surface area (Å²) in [7, 11) is 0. The largest absolute Gasteiger partial charge is 0.493 e. The molecule has 0 spiro atoms. The summed E-state index contributed by atoms with van der Waals surface area (Å²) in [5.74, 6) is 1.04. The van der Waals surface area contributed by atoms with Crippen LogP contribution in [0.1, 0.15) is 17.5 Å². The van der Waals surface area contributed by atoms with Crippen LogP contribution in [0.25, 0.3) is 6.08 Å². The van der Waals surface area contributed by atoms with E-state index in [1.165, 1.54) is 5.56 Å². The average molecular weight is 160 g/mol. The molecule has 1 aliphatic heterocycles. The number of aryl methyl sites for hydroxylation is 1. The fourth-order valence-electron chi connectivity index (χ4n) is 1.48. The smallest absolute Gasteiger partial charge is 0.123 e. The Balaban J connectivity index is 2.42. The van der Waals surface area contributed by atoms with E-state index in [9.17, 15) is 0 Å². The first-order valence-electron chi connectivity index (χ1n) is 4.28. The van der Waals surface area contributed by atoms with Crippen molar-refractivity contribution in [2.75, 3.05) is 6.61 Å². The Morgan fingerprint density at radius 2 is 2.33 bits per heavy atom. The summed E-state index contributed by atoms with van der Waals surface area (Å²) in [5, 5.41) is 0. The molecule has 1 aromatic carbocycles. The second-order valence-corrected chi connectivity index (χ2v) is 3.02. The molecule has 0 aromatic heterocycles. The van der Waals surface area contributed by atoms with Gasteiger partial charge in [-0.15, -0.1) is 0 Å². The molecule has 1 nitrogen and oxygen atoms in total. The lowest BCUT2D eigenvalue weighted by molar-refractivity contribution is 0.288. The van der Waals surface area contributed by atoms with Gasteiger partial charge in [0, 0.05) is 0 Å². The summed E-state index contributed by atoms with van der Waals surface area (Å²) in [6, 6.07) is 6.27. The van der Waals surface area contributed by atoms with Crippen LogP contribution in [-0.4, -0.2) is 6.61 Å². The van der Waals surface area contributed by atoms with Gasteiger partial charge in [-0.1, -0.05) is 24.8 Å². The van der Waals surface area contributed by atoms with Crippen LogP contribution < -0.4 is 4.74 Å². The molecule has 0 unspecified atom stereocenters. The fourth-order valence-corrected chi connectivity index (χ4v) is 1.48. The molecule has 12 heavy (non-hydrogen) atoms. The number of ether oxygens (including phenoxy) is 1. The molecule has 1 heteroatoms. The molecule has 0 amide bonds. The maximum absolute atomic E-state index is 5.52. The van der Waals surface area contributed by atoms with Crippen LogP contribution >= 0.6 is 0 Å². The first-order valence-corrected chi connectivity index (χ1v) is 4.28. The summed E-state index contributed by atoms with van der Waals surface area (Å²) < 4.78 is 5.52. The van der Waals surface area contributed by atoms with Crippen molar-refractivity contribution < 1.29 is 4.74 Å². The van der Waals surface area contributed by atoms with Crippen molar-refractivity contribution in [1.29, 1.82) is 0 Å². The number of rotatable bonds is 1. The van der Waals surface area contributed by atoms with Crippen LogP contribution in [0.15, 0.2) is 24.8 Å². The Hall–Kier alpha value is -1.24. The van der Waals surface area contributed by atoms with Gasteiger partial charge >= 0.3 is 0 Å². The van der Waals surface area contributed by atoms with Crippen LogP contribution in [-0.2, 0) is 6.42 Å². The highest BCUT2D eigenvalue weighted by atomic mass is 16.5. The van der Waals surface area contributed by atoms with Gasteiger partial charge < -0.3 is 4.74 Å². The maximum atomic E-state index is 5.52. The molecule has 0 N–H and O–H groups in total. The van der Waals surface area contributed by atoms with E-state index in [2.05, 4.69) is 24.8 Å². The Morgan fingerprint density at radius 3 is 3.17 bits per heavy atom. The summed E-state index contributed by atoms with van der Waals surface area (Å²) in [6.45, 7) is 4.58. The zero-order chi connectivity index (χ0) is 8.39. The Morgan fingerprint density at radius 1 is 1.42 bits per heavy atom. The molecular weight excluding hydrogens is 148 g/mol. The Kier molecular flexibility index (Phi) is 1.86. The molecule has 0 saturated carbocycles. The lowest BCUT2D eigenvalue weighted by atomic mass is 10.0. The second-order valence-electron chi connectivity index (χ2n) is 3.02. The van der Waals surface area contributed by atoms with E-state index >= 15 is 0 Å². The van der Waals surface area contributed by atoms with E-state index in [-0.39, 0.29) is 0 Å². The number of hydrogen-bond donors (Lipinski definition) is 0. The van der Waals surface area contributed by atoms with Crippen molar-refractivity contribution in [2.45, 2.75) is 12.8 Å². The van der Waals surface area contributed by atoms with Crippen molar-refractivity contribution in [3.8, 4) is 5.75 Å². The second kappa shape index (κ2) is 3.02. The molecule has 1 aliphatic rings. The maximum Gasteiger partial charge on any atom is 0.123 e. The van der Waals surface area contributed by atoms with Crippen LogP contribution in [0.2, 0.25) is 0 Å². The normalized spacial score (nSPS) is 14.7. The lowest BCUT2D eigenvalue weighted by Gasteiger charge is -2.17. The van der Waals surface area contributed by atoms with Crippen molar-refractivity contribution in [2.24, 2.45) is 0 Å². The zero-order valence-electron chi connectivity index (χ0n) is 7.05. The number of hydrogen-bond acceptors (Lipinski definition) is 1. The summed E-state index contributed by atoms with van der Waals surface area (Å²) in [4.78, 5) is 0. The monoisotopic (exact) mass is 160 g/mol. The highest BCUT2D eigenvalue weighted by molar-refractivity contribution is 5.52. The SMILES string of the molecule is C=Cc1ccc2c(c1)OCCC2. The quantitative estimate of drug-likeness (QED) is 0.613. The van der Waals surface area contributed by atoms with E-state index in [1.54, 1.807) is 0 Å². The molecule has 1 aromatic rings. The highest BCUT2D eigenvalue weighted by Crippen LogP contribution is 2.25. The van der Waals surface area contributed by atoms with Gasteiger partial charge in [0.25, 0.3) is 0 Å². The first kappa shape index (κ1) is 7.41. The van der Waals surface area contributed by atoms with Crippen LogP contribution in [0.4, 0.5) is 0 Å². The Labute approximate surface area is 72.7 Å². The molecule has 0 radical (unpaired) electrons. The van der Waals surface area contributed by atoms with Crippen LogP contribution in [0, 0.1) is 0 Å². The molecular formula is C11H12O. The zero-order valence-corrected chi connectivity index (χ0v) is 7.05. The van der Waals surface area contributed by atoms with Gasteiger partial charge in [-0.2, -0.15) is 0 Å². The molecule has 0 saturated heterocycles. The predicted molar refractivity (Wildman–Crippen MR) is 50.3 cm³/mol. The van der Waals surface area contributed by atoms with Gasteiger partial charge in [0.05, 0.1) is 6.61 Å². The van der Waals surface area contributed by atoms with Gasteiger partial charge in [-0.25, -0.2) is 0 Å². The molecule has 0 fully saturated rings. The molecule has 0 bridgehead atoms. The molecule has 0 atom stereocenters. The molecule has 2 rings (SSSR count). The molecule has 62 valence electrons. The highest BCUT2D eigenvalue weighted by Gasteiger charge is 2.08. The third kappa shape index (κ3) is 1.22. The summed E-state index contributed by atoms with van der Waals surface area (Å²) in [5.41, 5.74) is 2.46. The van der Waals surface area contributed by atoms with Gasteiger partial charge in [-0.05, 0) is 30.0 Å². The van der Waals surface area contributed by atoms with E-state index < -0.39 is 0 Å². The van der Waals surface area contributed by atoms with Crippen molar-refractivity contribution in [3.05, 3.63) is 35.9 Å². The number of fused-ring (bicyclic) bond motifs is 1. The average Bonchev–Trinajstić information content (AvgIpc) is 2.17. The summed E-state index contributed by atoms with van der Waals surface area (Å²) in [6.07, 6.45) is 4.13. The van der Waals surface area contributed by atoms with Gasteiger partial charge in [0.2, 0.25) is 0 Å². The van der Waals surface area contributed by atoms with E-state index in [1.807, 2.05) is 6.08 Å². The van der Waals surface area contributed by atoms with Crippen molar-refractivity contribution in [1.82, 2.24) is 0 Å². The predicted octanol–water partition coefficient (Wildman–Crippen LogP) is 2.65. The fraction of sp³-hybridized carbons (Fsp3) is 0.273. The third-order valence-corrected chi connectivity index (χ3v) is 2.17. The topological polar surface area (TPSA) is 9.23 Å². The van der Waals surface area contributed by atoms with Gasteiger partial charge in [0.15, 0.2) is 0 Å². The van der Waals surface area contributed by atoms with Gasteiger partial charge in [-0.3, -0.25) is 0 Å². The Bertz CT molecular complexity index is 302. The van der Waals surface area contributed by atoms with Crippen LogP contribution in [0.5, 0.6) is 5.75 Å². The molecule has 1 heterocycles. The van der Waals surface area contributed by atoms with E-state index in [0.717, 1.165) is 30.8 Å². The first-order chi connectivity index (χ1) is 5.90. The van der Waals surface area contributed by atoms with Crippen molar-refractivity contribution >= 4 is 6.08 Å². The lowest BCUT2D eigenvalue weighted by Crippen LogP contribution is -2.07. The minimum atomic E-state index is 0.855. The van der Waals surface area contributed by atoms with Crippen LogP contribution in [0.3, 0.4) is 0 Å². The summed E-state index contributed by atoms with van der Waals surface area (Å²) >= 11 is 0. The van der Waals surface area contributed by atoms with Crippen molar-refractivity contribution in [3.63, 3.8) is 0 Å². The third-order valence-electron chi connectivity index (χ3n) is 2.17. The van der Waals surface area contributed by atoms with Gasteiger partial charge in [0.1, 0.15) is 5.75 Å². The molecule has 0 aliphatic carbocycles. The minimum absolute atomic E-state index is 0.855. The van der Waals surface area contributed by atoms with E-state index in [0.29, 0.717) is 0 Å². The standard InChI is InChI=1S/C11H12O/c1-2-9-5-6-10-4-3-7-12-11(10)8-9/h2,5-6,8H,1,3-4,7H2. The minimum Gasteiger partial charge on any atom is -0.493 e. The number of benzene rings is 1.